The van der Waals surface area contributed by atoms with E-state index in [1.54, 1.807) is 0 Å². The number of nitrogens with zero attached hydrogens (tertiary/aromatic N) is 1. The Labute approximate surface area is 120 Å². The molecule has 1 fully saturated rings. The highest BCUT2D eigenvalue weighted by atomic mass is 16.5. The van der Waals surface area contributed by atoms with Crippen LogP contribution in [0.25, 0.3) is 0 Å². The highest BCUT2D eigenvalue weighted by Crippen LogP contribution is 2.27. The molecule has 110 valence electrons. The van der Waals surface area contributed by atoms with Crippen molar-refractivity contribution in [1.29, 1.82) is 0 Å². The van der Waals surface area contributed by atoms with Gasteiger partial charge in [0.15, 0.2) is 0 Å². The summed E-state index contributed by atoms with van der Waals surface area (Å²) in [5.74, 6) is -0.788. The molecule has 1 aliphatic heterocycles. The van der Waals surface area contributed by atoms with Crippen LogP contribution >= 0.6 is 0 Å². The van der Waals surface area contributed by atoms with Crippen molar-refractivity contribution in [2.45, 2.75) is 38.3 Å². The summed E-state index contributed by atoms with van der Waals surface area (Å²) in [7, 11) is 0. The fourth-order valence-corrected chi connectivity index (χ4v) is 2.85. The van der Waals surface area contributed by atoms with E-state index in [9.17, 15) is 4.79 Å². The van der Waals surface area contributed by atoms with Crippen molar-refractivity contribution >= 4 is 5.97 Å². The van der Waals surface area contributed by atoms with Gasteiger partial charge in [0.25, 0.3) is 0 Å². The number of rotatable bonds is 6. The van der Waals surface area contributed by atoms with E-state index >= 15 is 0 Å². The largest absolute Gasteiger partial charge is 0.481 e. The summed E-state index contributed by atoms with van der Waals surface area (Å²) in [5, 5.41) is 8.91. The summed E-state index contributed by atoms with van der Waals surface area (Å²) < 4.78 is 5.56. The quantitative estimate of drug-likeness (QED) is 0.868. The Hall–Kier alpha value is -1.39. The Balaban J connectivity index is 2.07. The Morgan fingerprint density at radius 2 is 2.20 bits per heavy atom. The van der Waals surface area contributed by atoms with Crippen LogP contribution < -0.4 is 0 Å². The molecule has 1 heterocycles. The Kier molecular flexibility index (Phi) is 5.56. The van der Waals surface area contributed by atoms with E-state index in [0.29, 0.717) is 19.2 Å². The standard InChI is InChI=1S/C16H23NO3/c1-2-6-15(13-7-4-3-5-8-13)17-9-10-20-14(12-17)11-16(18)19/h3-5,7-8,14-15H,2,6,9-12H2,1H3,(H,18,19). The van der Waals surface area contributed by atoms with Crippen LogP contribution in [0.5, 0.6) is 0 Å². The van der Waals surface area contributed by atoms with Crippen molar-refractivity contribution in [2.24, 2.45) is 0 Å². The third-order valence-corrected chi connectivity index (χ3v) is 3.76. The molecule has 0 bridgehead atoms. The van der Waals surface area contributed by atoms with Gasteiger partial charge < -0.3 is 9.84 Å². The second kappa shape index (κ2) is 7.41. The maximum atomic E-state index is 10.8. The number of benzene rings is 1. The molecule has 2 atom stereocenters. The van der Waals surface area contributed by atoms with Gasteiger partial charge in [0, 0.05) is 19.1 Å². The molecule has 4 heteroatoms. The molecule has 1 N–H and O–H groups in total. The molecule has 0 radical (unpaired) electrons. The molecule has 0 saturated carbocycles. The molecule has 2 rings (SSSR count). The van der Waals surface area contributed by atoms with E-state index in [2.05, 4.69) is 36.1 Å². The van der Waals surface area contributed by atoms with Gasteiger partial charge in [0.05, 0.1) is 19.1 Å². The summed E-state index contributed by atoms with van der Waals surface area (Å²) in [5.41, 5.74) is 1.31. The number of carboxylic acid groups (broad SMARTS) is 1. The third-order valence-electron chi connectivity index (χ3n) is 3.76. The first kappa shape index (κ1) is 15.0. The zero-order chi connectivity index (χ0) is 14.4. The van der Waals surface area contributed by atoms with Crippen LogP contribution in [-0.2, 0) is 9.53 Å². The first-order valence-electron chi connectivity index (χ1n) is 7.33. The van der Waals surface area contributed by atoms with Gasteiger partial charge in [-0.05, 0) is 12.0 Å². The lowest BCUT2D eigenvalue weighted by molar-refractivity contribution is -0.142. The monoisotopic (exact) mass is 277 g/mol. The SMILES string of the molecule is CCCC(c1ccccc1)N1CCOC(CC(=O)O)C1. The van der Waals surface area contributed by atoms with E-state index in [-0.39, 0.29) is 12.5 Å². The van der Waals surface area contributed by atoms with E-state index in [0.717, 1.165) is 19.4 Å². The van der Waals surface area contributed by atoms with Gasteiger partial charge in [-0.1, -0.05) is 43.7 Å². The highest BCUT2D eigenvalue weighted by molar-refractivity contribution is 5.67. The Morgan fingerprint density at radius 1 is 1.45 bits per heavy atom. The first-order valence-corrected chi connectivity index (χ1v) is 7.33. The summed E-state index contributed by atoms with van der Waals surface area (Å²) >= 11 is 0. The van der Waals surface area contributed by atoms with Crippen molar-refractivity contribution in [2.75, 3.05) is 19.7 Å². The molecule has 0 amide bonds. The normalized spacial score (nSPS) is 21.6. The number of hydrogen-bond acceptors (Lipinski definition) is 3. The van der Waals surface area contributed by atoms with Crippen molar-refractivity contribution in [3.05, 3.63) is 35.9 Å². The average molecular weight is 277 g/mol. The van der Waals surface area contributed by atoms with Crippen molar-refractivity contribution in [1.82, 2.24) is 4.90 Å². The minimum atomic E-state index is -0.788. The van der Waals surface area contributed by atoms with E-state index < -0.39 is 5.97 Å². The van der Waals surface area contributed by atoms with Crippen LogP contribution in [0.3, 0.4) is 0 Å². The van der Waals surface area contributed by atoms with Gasteiger partial charge >= 0.3 is 5.97 Å². The summed E-state index contributed by atoms with van der Waals surface area (Å²) in [6, 6.07) is 10.8. The minimum Gasteiger partial charge on any atom is -0.481 e. The van der Waals surface area contributed by atoms with E-state index in [4.69, 9.17) is 9.84 Å². The first-order chi connectivity index (χ1) is 9.70. The number of carboxylic acids is 1. The zero-order valence-corrected chi connectivity index (χ0v) is 12.0. The number of morpholine rings is 1. The maximum absolute atomic E-state index is 10.8. The molecule has 4 nitrogen and oxygen atoms in total. The fraction of sp³-hybridized carbons (Fsp3) is 0.562. The molecule has 1 aliphatic rings. The summed E-state index contributed by atoms with van der Waals surface area (Å²) in [6.07, 6.45) is 2.10. The van der Waals surface area contributed by atoms with Gasteiger partial charge in [0.2, 0.25) is 0 Å². The smallest absolute Gasteiger partial charge is 0.306 e. The molecule has 1 aromatic rings. The zero-order valence-electron chi connectivity index (χ0n) is 12.0. The van der Waals surface area contributed by atoms with Gasteiger partial charge in [-0.3, -0.25) is 9.69 Å². The Morgan fingerprint density at radius 3 is 2.85 bits per heavy atom. The number of ether oxygens (including phenoxy) is 1. The molecule has 1 aromatic carbocycles. The predicted molar refractivity (Wildman–Crippen MR) is 77.7 cm³/mol. The second-order valence-corrected chi connectivity index (χ2v) is 5.30. The van der Waals surface area contributed by atoms with E-state index in [1.807, 2.05) is 6.07 Å². The number of hydrogen-bond donors (Lipinski definition) is 1. The minimum absolute atomic E-state index is 0.0874. The van der Waals surface area contributed by atoms with Crippen molar-refractivity contribution in [3.8, 4) is 0 Å². The van der Waals surface area contributed by atoms with Gasteiger partial charge in [0.1, 0.15) is 0 Å². The predicted octanol–water partition coefficient (Wildman–Crippen LogP) is 2.70. The number of aliphatic carboxylic acids is 1. The van der Waals surface area contributed by atoms with Crippen LogP contribution in [0.1, 0.15) is 37.8 Å². The van der Waals surface area contributed by atoms with Gasteiger partial charge in [-0.15, -0.1) is 0 Å². The molecule has 0 aliphatic carbocycles. The highest BCUT2D eigenvalue weighted by Gasteiger charge is 2.28. The van der Waals surface area contributed by atoms with E-state index in [1.165, 1.54) is 5.56 Å². The molecule has 20 heavy (non-hydrogen) atoms. The summed E-state index contributed by atoms with van der Waals surface area (Å²) in [6.45, 7) is 4.37. The molecule has 1 saturated heterocycles. The lowest BCUT2D eigenvalue weighted by atomic mass is 9.99. The van der Waals surface area contributed by atoms with Crippen molar-refractivity contribution < 1.29 is 14.6 Å². The topological polar surface area (TPSA) is 49.8 Å². The lowest BCUT2D eigenvalue weighted by Crippen LogP contribution is -2.45. The maximum Gasteiger partial charge on any atom is 0.306 e. The molecular formula is C16H23NO3. The molecule has 0 aromatic heterocycles. The van der Waals surface area contributed by atoms with Crippen LogP contribution in [0, 0.1) is 0 Å². The second-order valence-electron chi connectivity index (χ2n) is 5.30. The van der Waals surface area contributed by atoms with Crippen molar-refractivity contribution in [3.63, 3.8) is 0 Å². The fourth-order valence-electron chi connectivity index (χ4n) is 2.85. The molecule has 0 spiro atoms. The Bertz CT molecular complexity index is 421. The molecular weight excluding hydrogens is 254 g/mol. The summed E-state index contributed by atoms with van der Waals surface area (Å²) in [4.78, 5) is 13.2. The van der Waals surface area contributed by atoms with Crippen LogP contribution in [0.15, 0.2) is 30.3 Å². The molecule has 2 unspecified atom stereocenters. The average Bonchev–Trinajstić information content (AvgIpc) is 2.45. The van der Waals surface area contributed by atoms with Gasteiger partial charge in [-0.2, -0.15) is 0 Å². The number of carbonyl (C=O) groups is 1. The lowest BCUT2D eigenvalue weighted by Gasteiger charge is -2.38. The van der Waals surface area contributed by atoms with Crippen LogP contribution in [-0.4, -0.2) is 41.8 Å². The van der Waals surface area contributed by atoms with Crippen LogP contribution in [0.2, 0.25) is 0 Å². The third kappa shape index (κ3) is 4.05. The van der Waals surface area contributed by atoms with Gasteiger partial charge in [-0.25, -0.2) is 0 Å². The van der Waals surface area contributed by atoms with Crippen LogP contribution in [0.4, 0.5) is 0 Å².